The van der Waals surface area contributed by atoms with E-state index < -0.39 is 0 Å². The maximum atomic E-state index is 12.4. The number of carbonyl (C=O) groups excluding carboxylic acids is 1. The van der Waals surface area contributed by atoms with Crippen LogP contribution in [0.25, 0.3) is 0 Å². The molecule has 0 spiro atoms. The van der Waals surface area contributed by atoms with Crippen LogP contribution in [-0.4, -0.2) is 37.2 Å². The average Bonchev–Trinajstić information content (AvgIpc) is 2.89. The van der Waals surface area contributed by atoms with Crippen molar-refractivity contribution in [1.29, 1.82) is 0 Å². The van der Waals surface area contributed by atoms with E-state index in [9.17, 15) is 4.79 Å². The highest BCUT2D eigenvalue weighted by Crippen LogP contribution is 2.25. The van der Waals surface area contributed by atoms with Crippen LogP contribution in [-0.2, 0) is 9.53 Å². The van der Waals surface area contributed by atoms with Crippen LogP contribution in [0.4, 0.5) is 0 Å². The van der Waals surface area contributed by atoms with Gasteiger partial charge in [-0.15, -0.1) is 0 Å². The minimum Gasteiger partial charge on any atom is -0.381 e. The van der Waals surface area contributed by atoms with E-state index in [0.29, 0.717) is 5.92 Å². The summed E-state index contributed by atoms with van der Waals surface area (Å²) in [5.74, 6) is 0.763. The van der Waals surface area contributed by atoms with Crippen molar-refractivity contribution in [2.75, 3.05) is 19.8 Å². The minimum atomic E-state index is -0.306. The molecule has 0 aromatic heterocycles. The van der Waals surface area contributed by atoms with E-state index in [-0.39, 0.29) is 17.5 Å². The zero-order valence-corrected chi connectivity index (χ0v) is 11.6. The van der Waals surface area contributed by atoms with Gasteiger partial charge in [-0.25, -0.2) is 0 Å². The molecule has 2 unspecified atom stereocenters. The van der Waals surface area contributed by atoms with Crippen LogP contribution in [0.3, 0.4) is 0 Å². The van der Waals surface area contributed by atoms with Gasteiger partial charge < -0.3 is 15.4 Å². The molecule has 2 heterocycles. The van der Waals surface area contributed by atoms with Crippen molar-refractivity contribution in [3.8, 4) is 0 Å². The monoisotopic (exact) mass is 254 g/mol. The van der Waals surface area contributed by atoms with E-state index in [1.54, 1.807) is 0 Å². The van der Waals surface area contributed by atoms with E-state index in [0.717, 1.165) is 51.9 Å². The lowest BCUT2D eigenvalue weighted by molar-refractivity contribution is -0.128. The highest BCUT2D eigenvalue weighted by Gasteiger charge is 2.40. The van der Waals surface area contributed by atoms with Gasteiger partial charge in [0.1, 0.15) is 0 Å². The van der Waals surface area contributed by atoms with Crippen molar-refractivity contribution in [3.63, 3.8) is 0 Å². The quantitative estimate of drug-likeness (QED) is 0.798. The topological polar surface area (TPSA) is 50.4 Å². The average molecular weight is 254 g/mol. The fourth-order valence-electron chi connectivity index (χ4n) is 3.14. The smallest absolute Gasteiger partial charge is 0.240 e. The summed E-state index contributed by atoms with van der Waals surface area (Å²) < 4.78 is 5.37. The van der Waals surface area contributed by atoms with Crippen LogP contribution in [0.5, 0.6) is 0 Å². The summed E-state index contributed by atoms with van der Waals surface area (Å²) in [7, 11) is 0. The third-order valence-corrected chi connectivity index (χ3v) is 4.61. The van der Waals surface area contributed by atoms with Crippen molar-refractivity contribution in [1.82, 2.24) is 10.6 Å². The third-order valence-electron chi connectivity index (χ3n) is 4.61. The van der Waals surface area contributed by atoms with Gasteiger partial charge in [-0.1, -0.05) is 6.92 Å². The lowest BCUT2D eigenvalue weighted by Crippen LogP contribution is -2.56. The second-order valence-corrected chi connectivity index (χ2v) is 5.68. The number of hydrogen-bond acceptors (Lipinski definition) is 3. The Morgan fingerprint density at radius 2 is 2.22 bits per heavy atom. The molecule has 104 valence electrons. The Kier molecular flexibility index (Phi) is 4.62. The summed E-state index contributed by atoms with van der Waals surface area (Å²) in [4.78, 5) is 12.4. The number of amides is 1. The summed E-state index contributed by atoms with van der Waals surface area (Å²) in [5, 5.41) is 6.62. The molecule has 2 aliphatic rings. The summed E-state index contributed by atoms with van der Waals surface area (Å²) in [5.41, 5.74) is -0.306. The highest BCUT2D eigenvalue weighted by molar-refractivity contribution is 5.86. The molecule has 0 aromatic rings. The molecule has 2 saturated heterocycles. The molecular weight excluding hydrogens is 228 g/mol. The number of carbonyl (C=O) groups is 1. The van der Waals surface area contributed by atoms with Crippen molar-refractivity contribution in [3.05, 3.63) is 0 Å². The van der Waals surface area contributed by atoms with E-state index in [1.807, 2.05) is 0 Å². The Bertz CT molecular complexity index is 282. The second kappa shape index (κ2) is 6.02. The summed E-state index contributed by atoms with van der Waals surface area (Å²) in [6.45, 7) is 6.86. The zero-order chi connectivity index (χ0) is 13.0. The van der Waals surface area contributed by atoms with Crippen molar-refractivity contribution in [2.24, 2.45) is 5.92 Å². The molecule has 2 N–H and O–H groups in total. The van der Waals surface area contributed by atoms with Crippen LogP contribution in [0.15, 0.2) is 0 Å². The first-order valence-electron chi connectivity index (χ1n) is 7.32. The molecule has 0 aliphatic carbocycles. The minimum absolute atomic E-state index is 0.196. The molecule has 0 saturated carbocycles. The van der Waals surface area contributed by atoms with Crippen LogP contribution < -0.4 is 10.6 Å². The molecule has 2 atom stereocenters. The Morgan fingerprint density at radius 3 is 2.78 bits per heavy atom. The molecule has 2 aliphatic heterocycles. The standard InChI is InChI=1S/C14H26N2O2/c1-3-14(7-4-8-15-14)13(17)16-11(2)12-5-9-18-10-6-12/h11-12,15H,3-10H2,1-2H3,(H,16,17). The fourth-order valence-corrected chi connectivity index (χ4v) is 3.14. The molecule has 18 heavy (non-hydrogen) atoms. The number of rotatable bonds is 4. The Hall–Kier alpha value is -0.610. The predicted molar refractivity (Wildman–Crippen MR) is 71.4 cm³/mol. The number of hydrogen-bond donors (Lipinski definition) is 2. The Morgan fingerprint density at radius 1 is 1.50 bits per heavy atom. The molecule has 0 bridgehead atoms. The first kappa shape index (κ1) is 13.8. The normalized spacial score (nSPS) is 31.2. The number of nitrogens with one attached hydrogen (secondary N) is 2. The van der Waals surface area contributed by atoms with Crippen LogP contribution in [0.2, 0.25) is 0 Å². The van der Waals surface area contributed by atoms with E-state index in [2.05, 4.69) is 24.5 Å². The lowest BCUT2D eigenvalue weighted by Gasteiger charge is -2.33. The van der Waals surface area contributed by atoms with Crippen molar-refractivity contribution in [2.45, 2.75) is 57.5 Å². The van der Waals surface area contributed by atoms with Gasteiger partial charge in [-0.05, 0) is 51.5 Å². The first-order valence-corrected chi connectivity index (χ1v) is 7.32. The second-order valence-electron chi connectivity index (χ2n) is 5.68. The van der Waals surface area contributed by atoms with Gasteiger partial charge in [-0.2, -0.15) is 0 Å². The van der Waals surface area contributed by atoms with Gasteiger partial charge >= 0.3 is 0 Å². The van der Waals surface area contributed by atoms with Gasteiger partial charge in [0.2, 0.25) is 5.91 Å². The highest BCUT2D eigenvalue weighted by atomic mass is 16.5. The number of ether oxygens (including phenoxy) is 1. The molecule has 4 nitrogen and oxygen atoms in total. The van der Waals surface area contributed by atoms with E-state index in [1.165, 1.54) is 0 Å². The summed E-state index contributed by atoms with van der Waals surface area (Å²) >= 11 is 0. The van der Waals surface area contributed by atoms with Gasteiger partial charge in [0.15, 0.2) is 0 Å². The van der Waals surface area contributed by atoms with Crippen LogP contribution in [0, 0.1) is 5.92 Å². The fraction of sp³-hybridized carbons (Fsp3) is 0.929. The van der Waals surface area contributed by atoms with E-state index in [4.69, 9.17) is 4.74 Å². The van der Waals surface area contributed by atoms with Gasteiger partial charge in [0.25, 0.3) is 0 Å². The molecule has 2 fully saturated rings. The van der Waals surface area contributed by atoms with Gasteiger partial charge in [-0.3, -0.25) is 4.79 Å². The first-order chi connectivity index (χ1) is 8.68. The Balaban J connectivity index is 1.89. The molecule has 4 heteroatoms. The zero-order valence-electron chi connectivity index (χ0n) is 11.6. The van der Waals surface area contributed by atoms with E-state index >= 15 is 0 Å². The predicted octanol–water partition coefficient (Wildman–Crippen LogP) is 1.45. The molecular formula is C14H26N2O2. The maximum Gasteiger partial charge on any atom is 0.240 e. The summed E-state index contributed by atoms with van der Waals surface area (Å²) in [6.07, 6.45) is 5.07. The SMILES string of the molecule is CCC1(C(=O)NC(C)C2CCOCC2)CCCN1. The Labute approximate surface area is 110 Å². The third kappa shape index (κ3) is 2.86. The van der Waals surface area contributed by atoms with Gasteiger partial charge in [0.05, 0.1) is 5.54 Å². The summed E-state index contributed by atoms with van der Waals surface area (Å²) in [6, 6.07) is 0.257. The molecule has 2 rings (SSSR count). The van der Waals surface area contributed by atoms with Crippen LogP contribution >= 0.6 is 0 Å². The van der Waals surface area contributed by atoms with Gasteiger partial charge in [0, 0.05) is 19.3 Å². The molecule has 0 aromatic carbocycles. The van der Waals surface area contributed by atoms with Crippen molar-refractivity contribution >= 4 is 5.91 Å². The largest absolute Gasteiger partial charge is 0.381 e. The maximum absolute atomic E-state index is 12.4. The van der Waals surface area contributed by atoms with Crippen LogP contribution in [0.1, 0.15) is 46.0 Å². The van der Waals surface area contributed by atoms with Crippen molar-refractivity contribution < 1.29 is 9.53 Å². The molecule has 1 amide bonds. The lowest BCUT2D eigenvalue weighted by atomic mass is 9.89. The molecule has 0 radical (unpaired) electrons.